The van der Waals surface area contributed by atoms with Gasteiger partial charge in [-0.2, -0.15) is 0 Å². The Morgan fingerprint density at radius 2 is 0.907 bits per heavy atom. The lowest BCUT2D eigenvalue weighted by atomic mass is 9.76. The highest BCUT2D eigenvalue weighted by Gasteiger charge is 2.35. The van der Waals surface area contributed by atoms with E-state index >= 15 is 0 Å². The molecule has 12 heteroatoms. The Morgan fingerprint density at radius 3 is 1.30 bits per heavy atom. The minimum absolute atomic E-state index is 0.181. The summed E-state index contributed by atoms with van der Waals surface area (Å²) in [6.07, 6.45) is 4.13. The maximum Gasteiger partial charge on any atom is 0.337 e. The third kappa shape index (κ3) is 5.67. The minimum Gasteiger partial charge on any atom is -0.478 e. The van der Waals surface area contributed by atoms with Crippen LogP contribution in [0.2, 0.25) is 0 Å². The zero-order valence-electron chi connectivity index (χ0n) is 22.5. The van der Waals surface area contributed by atoms with Crippen LogP contribution in [-0.4, -0.2) is 66.5 Å². The lowest BCUT2D eigenvalue weighted by molar-refractivity contribution is 0.0650. The van der Waals surface area contributed by atoms with Gasteiger partial charge in [0.15, 0.2) is 0 Å². The predicted octanol–water partition coefficient (Wildman–Crippen LogP) is 5.65. The first-order valence-corrected chi connectivity index (χ1v) is 13.2. The van der Waals surface area contributed by atoms with Gasteiger partial charge in [0.2, 0.25) is 0 Å². The van der Waals surface area contributed by atoms with Gasteiger partial charge in [0, 0.05) is 5.56 Å². The van der Waals surface area contributed by atoms with Crippen molar-refractivity contribution in [3.8, 4) is 22.3 Å². The summed E-state index contributed by atoms with van der Waals surface area (Å²) < 4.78 is 0. The lowest BCUT2D eigenvalue weighted by Gasteiger charge is -2.26. The zero-order valence-corrected chi connectivity index (χ0v) is 22.5. The first kappa shape index (κ1) is 30.4. The molecule has 0 atom stereocenters. The van der Waals surface area contributed by atoms with Crippen LogP contribution in [0.25, 0.3) is 22.3 Å². The molecule has 6 N–H and O–H groups in total. The van der Waals surface area contributed by atoms with Gasteiger partial charge in [0.25, 0.3) is 0 Å². The van der Waals surface area contributed by atoms with Crippen LogP contribution in [-0.2, 0) is 0 Å². The fourth-order valence-electron chi connectivity index (χ4n) is 5.91. The summed E-state index contributed by atoms with van der Waals surface area (Å²) in [6, 6.07) is 7.90. The summed E-state index contributed by atoms with van der Waals surface area (Å²) >= 11 is 0. The van der Waals surface area contributed by atoms with E-state index in [-0.39, 0.29) is 16.7 Å². The molecule has 0 heterocycles. The molecule has 1 aliphatic rings. The molecule has 0 spiro atoms. The van der Waals surface area contributed by atoms with Crippen LogP contribution in [0, 0.1) is 0 Å². The summed E-state index contributed by atoms with van der Waals surface area (Å²) in [7, 11) is 0. The fourth-order valence-corrected chi connectivity index (χ4v) is 5.91. The SMILES string of the molecule is O=C(O)c1cccc(-c2c(C3CCCCCC3)cc(C(=O)O)c(C(=O)O)c2-c2cccc(C(=O)O)c2C(=O)O)c1C(=O)O. The van der Waals surface area contributed by atoms with Gasteiger partial charge in [0.1, 0.15) is 0 Å². The van der Waals surface area contributed by atoms with E-state index in [1.165, 1.54) is 12.1 Å². The number of rotatable bonds is 9. The molecule has 3 aromatic rings. The van der Waals surface area contributed by atoms with Gasteiger partial charge < -0.3 is 30.6 Å². The van der Waals surface area contributed by atoms with Gasteiger partial charge >= 0.3 is 35.8 Å². The van der Waals surface area contributed by atoms with Crippen molar-refractivity contribution in [1.82, 2.24) is 0 Å². The van der Waals surface area contributed by atoms with Crippen molar-refractivity contribution >= 4 is 35.8 Å². The average Bonchev–Trinajstić information content (AvgIpc) is 3.24. The number of carbonyl (C=O) groups is 6. The van der Waals surface area contributed by atoms with E-state index in [0.29, 0.717) is 25.7 Å². The van der Waals surface area contributed by atoms with E-state index in [4.69, 9.17) is 0 Å². The topological polar surface area (TPSA) is 224 Å². The van der Waals surface area contributed by atoms with Crippen LogP contribution in [0.4, 0.5) is 0 Å². The molecule has 0 radical (unpaired) electrons. The van der Waals surface area contributed by atoms with Crippen molar-refractivity contribution in [3.63, 3.8) is 0 Å². The standard InChI is InChI=1S/C31H26O12/c32-26(33)17-11-5-9-15(22(17)29(38)39)21-19(14-7-3-1-2-4-8-14)13-20(28(36)37)25(31(42)43)24(21)16-10-6-12-18(27(34)35)23(16)30(40)41/h5-6,9-14H,1-4,7-8H2,(H,32,33)(H,34,35)(H,36,37)(H,38,39)(H,40,41)(H,42,43). The van der Waals surface area contributed by atoms with E-state index in [0.717, 1.165) is 43.2 Å². The van der Waals surface area contributed by atoms with Crippen molar-refractivity contribution in [2.75, 3.05) is 0 Å². The number of aromatic carboxylic acids is 6. The molecular weight excluding hydrogens is 564 g/mol. The monoisotopic (exact) mass is 590 g/mol. The zero-order chi connectivity index (χ0) is 31.6. The summed E-state index contributed by atoms with van der Waals surface area (Å²) in [5, 5.41) is 60.5. The van der Waals surface area contributed by atoms with E-state index in [9.17, 15) is 59.4 Å². The second-order valence-electron chi connectivity index (χ2n) is 10.1. The van der Waals surface area contributed by atoms with Crippen molar-refractivity contribution < 1.29 is 59.4 Å². The van der Waals surface area contributed by atoms with Crippen molar-refractivity contribution in [3.05, 3.63) is 81.4 Å². The molecule has 0 saturated heterocycles. The molecule has 3 aromatic carbocycles. The average molecular weight is 591 g/mol. The molecule has 1 fully saturated rings. The Labute approximate surface area is 243 Å². The largest absolute Gasteiger partial charge is 0.478 e. The second-order valence-corrected chi connectivity index (χ2v) is 10.1. The first-order chi connectivity index (χ1) is 20.4. The van der Waals surface area contributed by atoms with Crippen molar-refractivity contribution in [2.45, 2.75) is 44.4 Å². The number of carboxylic acids is 6. The van der Waals surface area contributed by atoms with Crippen molar-refractivity contribution in [2.24, 2.45) is 0 Å². The van der Waals surface area contributed by atoms with E-state index < -0.39 is 86.2 Å². The van der Waals surface area contributed by atoms with Gasteiger partial charge in [-0.15, -0.1) is 0 Å². The maximum absolute atomic E-state index is 12.8. The second kappa shape index (κ2) is 12.1. The van der Waals surface area contributed by atoms with Gasteiger partial charge in [-0.1, -0.05) is 49.9 Å². The smallest absolute Gasteiger partial charge is 0.337 e. The Morgan fingerprint density at radius 1 is 0.488 bits per heavy atom. The molecule has 0 unspecified atom stereocenters. The molecule has 222 valence electrons. The summed E-state index contributed by atoms with van der Waals surface area (Å²) in [6.45, 7) is 0. The lowest BCUT2D eigenvalue weighted by Crippen LogP contribution is -2.18. The maximum atomic E-state index is 12.8. The van der Waals surface area contributed by atoms with Crippen molar-refractivity contribution in [1.29, 1.82) is 0 Å². The Hall–Kier alpha value is -5.52. The van der Waals surface area contributed by atoms with Crippen LogP contribution in [0.15, 0.2) is 42.5 Å². The predicted molar refractivity (Wildman–Crippen MR) is 150 cm³/mol. The molecular formula is C31H26O12. The minimum atomic E-state index is -1.80. The highest BCUT2D eigenvalue weighted by atomic mass is 16.4. The van der Waals surface area contributed by atoms with Gasteiger partial charge in [-0.05, 0) is 59.2 Å². The molecule has 0 bridgehead atoms. The fraction of sp³-hybridized carbons (Fsp3) is 0.226. The molecule has 1 saturated carbocycles. The summed E-state index contributed by atoms with van der Waals surface area (Å²) in [4.78, 5) is 74.6. The highest BCUT2D eigenvalue weighted by Crippen LogP contribution is 2.48. The molecule has 0 aliphatic heterocycles. The van der Waals surface area contributed by atoms with Crippen LogP contribution in [0.1, 0.15) is 112 Å². The number of benzene rings is 3. The van der Waals surface area contributed by atoms with Crippen LogP contribution in [0.3, 0.4) is 0 Å². The summed E-state index contributed by atoms with van der Waals surface area (Å²) in [5.41, 5.74) is -5.82. The van der Waals surface area contributed by atoms with Crippen LogP contribution < -0.4 is 0 Å². The van der Waals surface area contributed by atoms with E-state index in [2.05, 4.69) is 0 Å². The molecule has 4 rings (SSSR count). The van der Waals surface area contributed by atoms with Gasteiger partial charge in [-0.3, -0.25) is 0 Å². The number of hydrogen-bond donors (Lipinski definition) is 6. The Balaban J connectivity index is 2.38. The van der Waals surface area contributed by atoms with Crippen LogP contribution in [0.5, 0.6) is 0 Å². The van der Waals surface area contributed by atoms with Gasteiger partial charge in [0.05, 0.1) is 33.4 Å². The third-order valence-electron chi connectivity index (χ3n) is 7.65. The quantitative estimate of drug-likeness (QED) is 0.166. The third-order valence-corrected chi connectivity index (χ3v) is 7.65. The molecule has 43 heavy (non-hydrogen) atoms. The molecule has 12 nitrogen and oxygen atoms in total. The molecule has 0 amide bonds. The molecule has 0 aromatic heterocycles. The molecule has 1 aliphatic carbocycles. The van der Waals surface area contributed by atoms with Crippen LogP contribution >= 0.6 is 0 Å². The van der Waals surface area contributed by atoms with E-state index in [1.807, 2.05) is 0 Å². The Bertz CT molecular complexity index is 1690. The first-order valence-electron chi connectivity index (χ1n) is 13.2. The van der Waals surface area contributed by atoms with E-state index in [1.54, 1.807) is 0 Å². The summed E-state index contributed by atoms with van der Waals surface area (Å²) in [5.74, 6) is -10.6. The highest BCUT2D eigenvalue weighted by molar-refractivity contribution is 6.16. The Kier molecular flexibility index (Phi) is 8.60. The van der Waals surface area contributed by atoms with Gasteiger partial charge in [-0.25, -0.2) is 28.8 Å². The number of hydrogen-bond acceptors (Lipinski definition) is 6. The normalized spacial score (nSPS) is 13.6. The number of carboxylic acid groups (broad SMARTS) is 6.